The van der Waals surface area contributed by atoms with Gasteiger partial charge in [-0.15, -0.1) is 11.3 Å². The Morgan fingerprint density at radius 1 is 1.16 bits per heavy atom. The maximum Gasteiger partial charge on any atom is 0.310 e. The van der Waals surface area contributed by atoms with Crippen LogP contribution in [-0.2, 0) is 20.7 Å². The van der Waals surface area contributed by atoms with Gasteiger partial charge in [-0.3, -0.25) is 14.9 Å². The van der Waals surface area contributed by atoms with E-state index in [2.05, 4.69) is 15.0 Å². The Morgan fingerprint density at radius 2 is 1.84 bits per heavy atom. The molecule has 0 radical (unpaired) electrons. The van der Waals surface area contributed by atoms with Crippen LogP contribution in [0, 0.1) is 27.7 Å². The number of thiazole rings is 1. The van der Waals surface area contributed by atoms with Gasteiger partial charge in [0.25, 0.3) is 5.91 Å². The molecule has 0 aliphatic carbocycles. The molecule has 0 unspecified atom stereocenters. The highest BCUT2D eigenvalue weighted by atomic mass is 32.1. The van der Waals surface area contributed by atoms with Crippen molar-refractivity contribution in [2.45, 2.75) is 34.1 Å². The van der Waals surface area contributed by atoms with E-state index in [1.54, 1.807) is 6.92 Å². The van der Waals surface area contributed by atoms with Crippen molar-refractivity contribution in [3.8, 4) is 5.75 Å². The number of nitrogens with zero attached hydrogens (tertiary/aromatic N) is 1. The highest BCUT2D eigenvalue weighted by Gasteiger charge is 2.15. The largest absolute Gasteiger partial charge is 0.483 e. The molecule has 1 amide bonds. The predicted molar refractivity (Wildman–Crippen MR) is 97.3 cm³/mol. The van der Waals surface area contributed by atoms with Gasteiger partial charge < -0.3 is 9.47 Å². The van der Waals surface area contributed by atoms with Gasteiger partial charge in [0.05, 0.1) is 19.2 Å². The van der Waals surface area contributed by atoms with Gasteiger partial charge in [-0.1, -0.05) is 12.1 Å². The SMILES string of the molecule is COC(=O)Cc1sc(NC(=O)COc2c(C)ccc(C)c2C)nc1C. The maximum absolute atomic E-state index is 12.1. The normalized spacial score (nSPS) is 10.4. The van der Waals surface area contributed by atoms with Crippen molar-refractivity contribution in [1.29, 1.82) is 0 Å². The van der Waals surface area contributed by atoms with Gasteiger partial charge >= 0.3 is 5.97 Å². The summed E-state index contributed by atoms with van der Waals surface area (Å²) >= 11 is 1.26. The van der Waals surface area contributed by atoms with Crippen molar-refractivity contribution >= 4 is 28.3 Å². The lowest BCUT2D eigenvalue weighted by atomic mass is 10.1. The van der Waals surface area contributed by atoms with Gasteiger partial charge in [0.1, 0.15) is 5.75 Å². The number of nitrogens with one attached hydrogen (secondary N) is 1. The molecule has 0 saturated carbocycles. The van der Waals surface area contributed by atoms with E-state index in [1.807, 2.05) is 32.9 Å². The Balaban J connectivity index is 1.98. The molecule has 0 bridgehead atoms. The molecule has 0 fully saturated rings. The second-order valence-corrected chi connectivity index (χ2v) is 6.85. The molecule has 1 heterocycles. The molecular weight excluding hydrogens is 340 g/mol. The smallest absolute Gasteiger partial charge is 0.310 e. The van der Waals surface area contributed by atoms with E-state index in [0.717, 1.165) is 27.3 Å². The average molecular weight is 362 g/mol. The fourth-order valence-corrected chi connectivity index (χ4v) is 3.25. The quantitative estimate of drug-likeness (QED) is 0.799. The molecule has 6 nitrogen and oxygen atoms in total. The number of methoxy groups -OCH3 is 1. The number of amides is 1. The molecule has 2 rings (SSSR count). The van der Waals surface area contributed by atoms with Crippen LogP contribution in [0.1, 0.15) is 27.3 Å². The van der Waals surface area contributed by atoms with Crippen molar-refractivity contribution < 1.29 is 19.1 Å². The van der Waals surface area contributed by atoms with Crippen LogP contribution < -0.4 is 10.1 Å². The zero-order valence-corrected chi connectivity index (χ0v) is 15.9. The van der Waals surface area contributed by atoms with Gasteiger partial charge in [0, 0.05) is 4.88 Å². The van der Waals surface area contributed by atoms with Crippen LogP contribution >= 0.6 is 11.3 Å². The molecule has 25 heavy (non-hydrogen) atoms. The summed E-state index contributed by atoms with van der Waals surface area (Å²) in [6, 6.07) is 4.00. The summed E-state index contributed by atoms with van der Waals surface area (Å²) in [5, 5.41) is 3.16. The Bertz CT molecular complexity index is 799. The molecule has 1 N–H and O–H groups in total. The van der Waals surface area contributed by atoms with Crippen LogP contribution in [-0.4, -0.2) is 30.6 Å². The number of aryl methyl sites for hydroxylation is 3. The van der Waals surface area contributed by atoms with Gasteiger partial charge in [-0.2, -0.15) is 0 Å². The summed E-state index contributed by atoms with van der Waals surface area (Å²) < 4.78 is 10.3. The third-order valence-electron chi connectivity index (χ3n) is 3.89. The number of esters is 1. The van der Waals surface area contributed by atoms with E-state index in [-0.39, 0.29) is 24.9 Å². The highest BCUT2D eigenvalue weighted by molar-refractivity contribution is 7.16. The molecule has 7 heteroatoms. The zero-order chi connectivity index (χ0) is 18.6. The van der Waals surface area contributed by atoms with E-state index in [9.17, 15) is 9.59 Å². The first-order valence-corrected chi connectivity index (χ1v) is 8.66. The van der Waals surface area contributed by atoms with Crippen molar-refractivity contribution in [2.24, 2.45) is 0 Å². The molecule has 2 aromatic rings. The van der Waals surface area contributed by atoms with Crippen molar-refractivity contribution in [3.05, 3.63) is 39.4 Å². The van der Waals surface area contributed by atoms with Crippen LogP contribution in [0.25, 0.3) is 0 Å². The molecular formula is C18H22N2O4S. The van der Waals surface area contributed by atoms with Gasteiger partial charge in [-0.25, -0.2) is 4.98 Å². The van der Waals surface area contributed by atoms with Crippen LogP contribution in [0.2, 0.25) is 0 Å². The van der Waals surface area contributed by atoms with Gasteiger partial charge in [0.15, 0.2) is 11.7 Å². The Labute approximate surface area is 151 Å². The first kappa shape index (κ1) is 18.9. The minimum absolute atomic E-state index is 0.101. The summed E-state index contributed by atoms with van der Waals surface area (Å²) in [7, 11) is 1.34. The Hall–Kier alpha value is -2.41. The first-order chi connectivity index (χ1) is 11.8. The molecule has 0 aliphatic heterocycles. The third kappa shape index (κ3) is 4.79. The number of carbonyl (C=O) groups is 2. The topological polar surface area (TPSA) is 77.5 Å². The maximum atomic E-state index is 12.1. The van der Waals surface area contributed by atoms with Crippen molar-refractivity contribution in [2.75, 3.05) is 19.0 Å². The number of hydrogen-bond donors (Lipinski definition) is 1. The summed E-state index contributed by atoms with van der Waals surface area (Å²) in [5.74, 6) is 0.105. The molecule has 0 spiro atoms. The molecule has 1 aromatic carbocycles. The van der Waals surface area contributed by atoms with E-state index < -0.39 is 0 Å². The standard InChI is InChI=1S/C18H22N2O4S/c1-10-6-7-11(2)17(12(10)3)24-9-15(21)20-18-19-13(4)14(25-18)8-16(22)23-5/h6-7H,8-9H2,1-5H3,(H,19,20,21). The van der Waals surface area contributed by atoms with E-state index in [1.165, 1.54) is 18.4 Å². The minimum Gasteiger partial charge on any atom is -0.483 e. The lowest BCUT2D eigenvalue weighted by molar-refractivity contribution is -0.139. The number of carbonyl (C=O) groups excluding carboxylic acids is 2. The van der Waals surface area contributed by atoms with E-state index >= 15 is 0 Å². The second kappa shape index (κ2) is 8.11. The van der Waals surface area contributed by atoms with Gasteiger partial charge in [-0.05, 0) is 44.4 Å². The van der Waals surface area contributed by atoms with E-state index in [0.29, 0.717) is 10.8 Å². The summed E-state index contributed by atoms with van der Waals surface area (Å²) in [5.41, 5.74) is 3.83. The lowest BCUT2D eigenvalue weighted by Crippen LogP contribution is -2.20. The van der Waals surface area contributed by atoms with Crippen LogP contribution in [0.5, 0.6) is 5.75 Å². The predicted octanol–water partition coefficient (Wildman–Crippen LogP) is 3.11. The number of aromatic nitrogens is 1. The molecule has 134 valence electrons. The fraction of sp³-hybridized carbons (Fsp3) is 0.389. The van der Waals surface area contributed by atoms with Gasteiger partial charge in [0.2, 0.25) is 0 Å². The molecule has 0 atom stereocenters. The van der Waals surface area contributed by atoms with Crippen LogP contribution in [0.4, 0.5) is 5.13 Å². The van der Waals surface area contributed by atoms with E-state index in [4.69, 9.17) is 4.74 Å². The average Bonchev–Trinajstić information content (AvgIpc) is 2.90. The minimum atomic E-state index is -0.335. The lowest BCUT2D eigenvalue weighted by Gasteiger charge is -2.13. The number of rotatable bonds is 6. The first-order valence-electron chi connectivity index (χ1n) is 7.84. The van der Waals surface area contributed by atoms with Crippen molar-refractivity contribution in [1.82, 2.24) is 4.98 Å². The Kier molecular flexibility index (Phi) is 6.14. The molecule has 0 aliphatic rings. The fourth-order valence-electron chi connectivity index (χ4n) is 2.29. The molecule has 0 saturated heterocycles. The monoisotopic (exact) mass is 362 g/mol. The second-order valence-electron chi connectivity index (χ2n) is 5.77. The summed E-state index contributed by atoms with van der Waals surface area (Å²) in [6.07, 6.45) is 0.147. The molecule has 1 aromatic heterocycles. The van der Waals surface area contributed by atoms with Crippen molar-refractivity contribution in [3.63, 3.8) is 0 Å². The zero-order valence-electron chi connectivity index (χ0n) is 15.1. The Morgan fingerprint density at radius 3 is 2.52 bits per heavy atom. The third-order valence-corrected chi connectivity index (χ3v) is 4.97. The number of ether oxygens (including phenoxy) is 2. The highest BCUT2D eigenvalue weighted by Crippen LogP contribution is 2.26. The number of anilines is 1. The summed E-state index contributed by atoms with van der Waals surface area (Å²) in [4.78, 5) is 28.5. The number of hydrogen-bond acceptors (Lipinski definition) is 6. The number of benzene rings is 1. The van der Waals surface area contributed by atoms with Crippen LogP contribution in [0.3, 0.4) is 0 Å². The van der Waals surface area contributed by atoms with Crippen LogP contribution in [0.15, 0.2) is 12.1 Å². The summed E-state index contributed by atoms with van der Waals surface area (Å²) in [6.45, 7) is 7.61.